The van der Waals surface area contributed by atoms with E-state index in [0.29, 0.717) is 0 Å². The Morgan fingerprint density at radius 2 is 2.00 bits per heavy atom. The lowest BCUT2D eigenvalue weighted by Gasteiger charge is -2.26. The van der Waals surface area contributed by atoms with E-state index >= 15 is 0 Å². The number of nitrogens with one attached hydrogen (secondary N) is 1. The summed E-state index contributed by atoms with van der Waals surface area (Å²) in [5.74, 6) is 0. The normalized spacial score (nSPS) is 18.8. The number of hydrogen-bond donors (Lipinski definition) is 1. The molecule has 2 nitrogen and oxygen atoms in total. The molecule has 1 aliphatic rings. The summed E-state index contributed by atoms with van der Waals surface area (Å²) in [6.45, 7) is 11.8. The first-order valence-corrected chi connectivity index (χ1v) is 5.36. The third-order valence-corrected chi connectivity index (χ3v) is 2.48. The van der Waals surface area contributed by atoms with Gasteiger partial charge in [0.25, 0.3) is 0 Å². The third kappa shape index (κ3) is 5.06. The lowest BCUT2D eigenvalue weighted by molar-refractivity contribution is 0.230. The Hall–Kier alpha value is -0.340. The summed E-state index contributed by atoms with van der Waals surface area (Å²) in [6, 6.07) is 0. The molecular weight excluding hydrogens is 160 g/mol. The van der Waals surface area contributed by atoms with Gasteiger partial charge in [-0.15, -0.1) is 0 Å². The van der Waals surface area contributed by atoms with E-state index in [1.807, 2.05) is 0 Å². The first-order valence-electron chi connectivity index (χ1n) is 5.36. The minimum Gasteiger partial charge on any atom is -0.312 e. The van der Waals surface area contributed by atoms with Gasteiger partial charge < -0.3 is 10.2 Å². The van der Waals surface area contributed by atoms with Gasteiger partial charge >= 0.3 is 0 Å². The molecule has 1 N–H and O–H groups in total. The SMILES string of the molecule is C=C(C)CNCCN1CCCCC1. The van der Waals surface area contributed by atoms with Crippen molar-refractivity contribution in [3.8, 4) is 0 Å². The fourth-order valence-electron chi connectivity index (χ4n) is 1.72. The molecule has 0 aliphatic carbocycles. The fourth-order valence-corrected chi connectivity index (χ4v) is 1.72. The van der Waals surface area contributed by atoms with Crippen LogP contribution in [0.4, 0.5) is 0 Å². The molecule has 0 amide bonds. The molecule has 0 atom stereocenters. The fraction of sp³-hybridized carbons (Fsp3) is 0.818. The molecule has 2 heteroatoms. The second-order valence-electron chi connectivity index (χ2n) is 4.04. The summed E-state index contributed by atoms with van der Waals surface area (Å²) < 4.78 is 0. The minimum absolute atomic E-state index is 0.966. The van der Waals surface area contributed by atoms with Gasteiger partial charge in [-0.2, -0.15) is 0 Å². The molecule has 0 aromatic rings. The van der Waals surface area contributed by atoms with E-state index in [1.165, 1.54) is 44.5 Å². The molecule has 0 aromatic heterocycles. The summed E-state index contributed by atoms with van der Waals surface area (Å²) in [5.41, 5.74) is 1.22. The van der Waals surface area contributed by atoms with Gasteiger partial charge in [0.15, 0.2) is 0 Å². The highest BCUT2D eigenvalue weighted by Crippen LogP contribution is 2.07. The number of rotatable bonds is 5. The Bertz CT molecular complexity index is 148. The van der Waals surface area contributed by atoms with E-state index in [9.17, 15) is 0 Å². The van der Waals surface area contributed by atoms with Crippen LogP contribution in [0.1, 0.15) is 26.2 Å². The van der Waals surface area contributed by atoms with E-state index in [1.54, 1.807) is 0 Å². The van der Waals surface area contributed by atoms with Crippen molar-refractivity contribution in [3.05, 3.63) is 12.2 Å². The molecule has 1 rings (SSSR count). The van der Waals surface area contributed by atoms with Crippen LogP contribution in [0.5, 0.6) is 0 Å². The van der Waals surface area contributed by atoms with Crippen LogP contribution in [0.15, 0.2) is 12.2 Å². The lowest BCUT2D eigenvalue weighted by Crippen LogP contribution is -2.36. The quantitative estimate of drug-likeness (QED) is 0.513. The van der Waals surface area contributed by atoms with Gasteiger partial charge in [0.2, 0.25) is 0 Å². The first kappa shape index (κ1) is 10.7. The second kappa shape index (κ2) is 6.17. The highest BCUT2D eigenvalue weighted by molar-refractivity contribution is 4.90. The maximum Gasteiger partial charge on any atom is 0.0159 e. The standard InChI is InChI=1S/C11H22N2/c1-11(2)10-12-6-9-13-7-4-3-5-8-13/h12H,1,3-10H2,2H3. The molecule has 1 aliphatic heterocycles. The molecule has 13 heavy (non-hydrogen) atoms. The zero-order valence-electron chi connectivity index (χ0n) is 8.81. The maximum atomic E-state index is 3.86. The minimum atomic E-state index is 0.966. The van der Waals surface area contributed by atoms with E-state index < -0.39 is 0 Å². The Morgan fingerprint density at radius 1 is 1.31 bits per heavy atom. The summed E-state index contributed by atoms with van der Waals surface area (Å²) in [5, 5.41) is 3.39. The van der Waals surface area contributed by atoms with Gasteiger partial charge in [-0.25, -0.2) is 0 Å². The summed E-state index contributed by atoms with van der Waals surface area (Å²) in [6.07, 6.45) is 4.21. The van der Waals surface area contributed by atoms with Crippen molar-refractivity contribution < 1.29 is 0 Å². The van der Waals surface area contributed by atoms with Crippen LogP contribution in [0, 0.1) is 0 Å². The van der Waals surface area contributed by atoms with Crippen molar-refractivity contribution >= 4 is 0 Å². The highest BCUT2D eigenvalue weighted by Gasteiger charge is 2.08. The third-order valence-electron chi connectivity index (χ3n) is 2.48. The Labute approximate surface area is 82.0 Å². The molecule has 0 saturated carbocycles. The zero-order valence-corrected chi connectivity index (χ0v) is 8.81. The second-order valence-corrected chi connectivity index (χ2v) is 4.04. The zero-order chi connectivity index (χ0) is 9.52. The average molecular weight is 182 g/mol. The monoisotopic (exact) mass is 182 g/mol. The van der Waals surface area contributed by atoms with Crippen LogP contribution >= 0.6 is 0 Å². The molecule has 76 valence electrons. The van der Waals surface area contributed by atoms with Crippen LogP contribution in [0.3, 0.4) is 0 Å². The van der Waals surface area contributed by atoms with E-state index in [-0.39, 0.29) is 0 Å². The van der Waals surface area contributed by atoms with Crippen LogP contribution in [0.2, 0.25) is 0 Å². The predicted octanol–water partition coefficient (Wildman–Crippen LogP) is 1.64. The first-order chi connectivity index (χ1) is 6.29. The largest absolute Gasteiger partial charge is 0.312 e. The van der Waals surface area contributed by atoms with E-state index in [0.717, 1.165) is 13.1 Å². The Morgan fingerprint density at radius 3 is 2.62 bits per heavy atom. The topological polar surface area (TPSA) is 15.3 Å². The van der Waals surface area contributed by atoms with Gasteiger partial charge in [0.05, 0.1) is 0 Å². The average Bonchev–Trinajstić information content (AvgIpc) is 2.14. The summed E-state index contributed by atoms with van der Waals surface area (Å²) in [7, 11) is 0. The number of nitrogens with zero attached hydrogens (tertiary/aromatic N) is 1. The number of likely N-dealkylation sites (tertiary alicyclic amines) is 1. The smallest absolute Gasteiger partial charge is 0.0159 e. The Kier molecular flexibility index (Phi) is 5.09. The molecule has 1 fully saturated rings. The molecule has 0 bridgehead atoms. The van der Waals surface area contributed by atoms with E-state index in [4.69, 9.17) is 0 Å². The van der Waals surface area contributed by atoms with Crippen molar-refractivity contribution in [2.45, 2.75) is 26.2 Å². The van der Waals surface area contributed by atoms with Crippen molar-refractivity contribution in [1.82, 2.24) is 10.2 Å². The predicted molar refractivity (Wildman–Crippen MR) is 58.0 cm³/mol. The number of hydrogen-bond acceptors (Lipinski definition) is 2. The Balaban J connectivity index is 1.95. The van der Waals surface area contributed by atoms with Crippen molar-refractivity contribution in [3.63, 3.8) is 0 Å². The van der Waals surface area contributed by atoms with Crippen LogP contribution in [0.25, 0.3) is 0 Å². The van der Waals surface area contributed by atoms with Gasteiger partial charge in [0.1, 0.15) is 0 Å². The van der Waals surface area contributed by atoms with Crippen molar-refractivity contribution in [2.24, 2.45) is 0 Å². The molecule has 0 radical (unpaired) electrons. The molecule has 0 spiro atoms. The molecular formula is C11H22N2. The van der Waals surface area contributed by atoms with Crippen LogP contribution < -0.4 is 5.32 Å². The van der Waals surface area contributed by atoms with Crippen molar-refractivity contribution in [2.75, 3.05) is 32.7 Å². The van der Waals surface area contributed by atoms with Gasteiger partial charge in [-0.3, -0.25) is 0 Å². The van der Waals surface area contributed by atoms with Gasteiger partial charge in [-0.1, -0.05) is 18.6 Å². The molecule has 0 unspecified atom stereocenters. The molecule has 1 heterocycles. The van der Waals surface area contributed by atoms with Crippen LogP contribution in [-0.2, 0) is 0 Å². The van der Waals surface area contributed by atoms with Crippen LogP contribution in [-0.4, -0.2) is 37.6 Å². The lowest BCUT2D eigenvalue weighted by atomic mass is 10.1. The van der Waals surface area contributed by atoms with Gasteiger partial charge in [-0.05, 0) is 32.9 Å². The van der Waals surface area contributed by atoms with Crippen molar-refractivity contribution in [1.29, 1.82) is 0 Å². The highest BCUT2D eigenvalue weighted by atomic mass is 15.1. The molecule has 0 aromatic carbocycles. The van der Waals surface area contributed by atoms with E-state index in [2.05, 4.69) is 23.7 Å². The summed E-state index contributed by atoms with van der Waals surface area (Å²) in [4.78, 5) is 2.55. The maximum absolute atomic E-state index is 3.86. The molecule has 1 saturated heterocycles. The van der Waals surface area contributed by atoms with Gasteiger partial charge in [0, 0.05) is 19.6 Å². The number of piperidine rings is 1. The summed E-state index contributed by atoms with van der Waals surface area (Å²) >= 11 is 0.